The van der Waals surface area contributed by atoms with Crippen LogP contribution in [0, 0.1) is 5.82 Å². The zero-order valence-electron chi connectivity index (χ0n) is 8.33. The first-order chi connectivity index (χ1) is 7.34. The van der Waals surface area contributed by atoms with Gasteiger partial charge >= 0.3 is 0 Å². The second kappa shape index (κ2) is 3.22. The number of halogens is 1. The second-order valence-corrected chi connectivity index (χ2v) is 3.87. The van der Waals surface area contributed by atoms with Crippen LogP contribution in [0.25, 0.3) is 0 Å². The first kappa shape index (κ1) is 8.71. The summed E-state index contributed by atoms with van der Waals surface area (Å²) in [7, 11) is 0. The summed E-state index contributed by atoms with van der Waals surface area (Å²) < 4.78 is 13.5. The summed E-state index contributed by atoms with van der Waals surface area (Å²) >= 11 is 0. The van der Waals surface area contributed by atoms with Gasteiger partial charge in [0.25, 0.3) is 0 Å². The number of benzene rings is 1. The lowest BCUT2D eigenvalue weighted by atomic mass is 10.1. The van der Waals surface area contributed by atoms with Crippen molar-refractivity contribution >= 4 is 5.96 Å². The van der Waals surface area contributed by atoms with Crippen LogP contribution in [0.1, 0.15) is 11.1 Å². The molecular formula is C11H12FN3. The molecule has 0 amide bonds. The maximum absolute atomic E-state index is 13.5. The molecule has 15 heavy (non-hydrogen) atoms. The van der Waals surface area contributed by atoms with Crippen molar-refractivity contribution in [2.24, 2.45) is 4.99 Å². The number of fused-ring (bicyclic) bond motifs is 1. The molecule has 1 aromatic rings. The Balaban J connectivity index is 1.89. The molecule has 0 atom stereocenters. The van der Waals surface area contributed by atoms with Crippen LogP contribution >= 0.6 is 0 Å². The van der Waals surface area contributed by atoms with E-state index in [1.807, 2.05) is 6.07 Å². The van der Waals surface area contributed by atoms with Crippen molar-refractivity contribution in [3.8, 4) is 0 Å². The van der Waals surface area contributed by atoms with Crippen LogP contribution in [-0.4, -0.2) is 23.9 Å². The highest BCUT2D eigenvalue weighted by Crippen LogP contribution is 2.25. The number of hydrogen-bond acceptors (Lipinski definition) is 3. The van der Waals surface area contributed by atoms with Crippen molar-refractivity contribution in [2.75, 3.05) is 13.1 Å². The van der Waals surface area contributed by atoms with Gasteiger partial charge in [-0.15, -0.1) is 0 Å². The van der Waals surface area contributed by atoms with Crippen molar-refractivity contribution < 1.29 is 4.39 Å². The van der Waals surface area contributed by atoms with Gasteiger partial charge in [0.1, 0.15) is 5.82 Å². The molecular weight excluding hydrogens is 193 g/mol. The highest BCUT2D eigenvalue weighted by molar-refractivity contribution is 5.82. The fourth-order valence-electron chi connectivity index (χ4n) is 2.13. The Morgan fingerprint density at radius 2 is 2.27 bits per heavy atom. The fourth-order valence-corrected chi connectivity index (χ4v) is 2.13. The van der Waals surface area contributed by atoms with E-state index in [4.69, 9.17) is 0 Å². The summed E-state index contributed by atoms with van der Waals surface area (Å²) in [5.41, 5.74) is 1.89. The van der Waals surface area contributed by atoms with Gasteiger partial charge < -0.3 is 10.2 Å². The first-order valence-corrected chi connectivity index (χ1v) is 5.14. The molecule has 0 saturated carbocycles. The maximum atomic E-state index is 13.5. The topological polar surface area (TPSA) is 27.6 Å². The Kier molecular flexibility index (Phi) is 1.87. The summed E-state index contributed by atoms with van der Waals surface area (Å²) in [6.07, 6.45) is 0. The van der Waals surface area contributed by atoms with Crippen LogP contribution in [0.4, 0.5) is 4.39 Å². The van der Waals surface area contributed by atoms with Gasteiger partial charge in [-0.05, 0) is 11.6 Å². The van der Waals surface area contributed by atoms with Crippen molar-refractivity contribution in [3.63, 3.8) is 0 Å². The first-order valence-electron chi connectivity index (χ1n) is 5.14. The van der Waals surface area contributed by atoms with Gasteiger partial charge in [-0.2, -0.15) is 0 Å². The Bertz CT molecular complexity index is 428. The number of nitrogens with zero attached hydrogens (tertiary/aromatic N) is 2. The molecule has 2 heterocycles. The molecule has 1 aromatic carbocycles. The molecule has 0 aromatic heterocycles. The standard InChI is InChI=1S/C11H12FN3/c12-10-3-1-2-8-6-15(7-9(8)10)11-13-4-5-14-11/h1-3H,4-7H2,(H,13,14). The molecule has 4 heteroatoms. The quantitative estimate of drug-likeness (QED) is 0.687. The van der Waals surface area contributed by atoms with E-state index in [9.17, 15) is 4.39 Å². The van der Waals surface area contributed by atoms with Gasteiger partial charge in [-0.25, -0.2) is 4.39 Å². The number of hydrogen-bond donors (Lipinski definition) is 1. The smallest absolute Gasteiger partial charge is 0.194 e. The molecule has 2 aliphatic rings. The monoisotopic (exact) mass is 205 g/mol. The summed E-state index contributed by atoms with van der Waals surface area (Å²) in [6.45, 7) is 3.11. The average molecular weight is 205 g/mol. The number of rotatable bonds is 0. The van der Waals surface area contributed by atoms with Crippen LogP contribution in [0.2, 0.25) is 0 Å². The van der Waals surface area contributed by atoms with Gasteiger partial charge in [0, 0.05) is 25.2 Å². The molecule has 3 nitrogen and oxygen atoms in total. The van der Waals surface area contributed by atoms with E-state index in [1.54, 1.807) is 6.07 Å². The minimum absolute atomic E-state index is 0.103. The third kappa shape index (κ3) is 1.37. The fraction of sp³-hybridized carbons (Fsp3) is 0.364. The average Bonchev–Trinajstić information content (AvgIpc) is 2.86. The summed E-state index contributed by atoms with van der Waals surface area (Å²) in [6, 6.07) is 5.27. The Hall–Kier alpha value is -1.58. The van der Waals surface area contributed by atoms with Crippen molar-refractivity contribution in [1.82, 2.24) is 10.2 Å². The molecule has 0 bridgehead atoms. The summed E-state index contributed by atoms with van der Waals surface area (Å²) in [5, 5.41) is 3.21. The van der Waals surface area contributed by atoms with E-state index >= 15 is 0 Å². The van der Waals surface area contributed by atoms with E-state index in [0.29, 0.717) is 6.54 Å². The highest BCUT2D eigenvalue weighted by atomic mass is 19.1. The lowest BCUT2D eigenvalue weighted by molar-refractivity contribution is 0.430. The predicted molar refractivity (Wildman–Crippen MR) is 56.0 cm³/mol. The molecule has 0 saturated heterocycles. The number of nitrogens with one attached hydrogen (secondary N) is 1. The number of guanidine groups is 1. The SMILES string of the molecule is Fc1cccc2c1CN(C1=NCCN1)C2. The van der Waals surface area contributed by atoms with Crippen LogP contribution in [0.15, 0.2) is 23.2 Å². The van der Waals surface area contributed by atoms with Gasteiger partial charge in [-0.1, -0.05) is 12.1 Å². The molecule has 0 radical (unpaired) electrons. The maximum Gasteiger partial charge on any atom is 0.194 e. The minimum atomic E-state index is -0.103. The van der Waals surface area contributed by atoms with Gasteiger partial charge in [0.05, 0.1) is 6.54 Å². The van der Waals surface area contributed by atoms with Gasteiger partial charge in [-0.3, -0.25) is 4.99 Å². The Morgan fingerprint density at radius 1 is 1.33 bits per heavy atom. The molecule has 3 rings (SSSR count). The third-order valence-electron chi connectivity index (χ3n) is 2.88. The van der Waals surface area contributed by atoms with Crippen LogP contribution in [0.3, 0.4) is 0 Å². The molecule has 78 valence electrons. The third-order valence-corrected chi connectivity index (χ3v) is 2.88. The van der Waals surface area contributed by atoms with Crippen molar-refractivity contribution in [1.29, 1.82) is 0 Å². The molecule has 0 unspecified atom stereocenters. The van der Waals surface area contributed by atoms with E-state index in [-0.39, 0.29) is 5.82 Å². The zero-order chi connectivity index (χ0) is 10.3. The second-order valence-electron chi connectivity index (χ2n) is 3.87. The molecule has 0 spiro atoms. The van der Waals surface area contributed by atoms with E-state index in [0.717, 1.165) is 36.7 Å². The largest absolute Gasteiger partial charge is 0.354 e. The van der Waals surface area contributed by atoms with Crippen molar-refractivity contribution in [2.45, 2.75) is 13.1 Å². The predicted octanol–water partition coefficient (Wildman–Crippen LogP) is 1.10. The van der Waals surface area contributed by atoms with Crippen LogP contribution in [0.5, 0.6) is 0 Å². The minimum Gasteiger partial charge on any atom is -0.354 e. The van der Waals surface area contributed by atoms with Crippen LogP contribution < -0.4 is 5.32 Å². The zero-order valence-corrected chi connectivity index (χ0v) is 8.33. The number of aliphatic imine (C=N–C) groups is 1. The van der Waals surface area contributed by atoms with E-state index < -0.39 is 0 Å². The van der Waals surface area contributed by atoms with Gasteiger partial charge in [0.2, 0.25) is 0 Å². The Labute approximate surface area is 87.6 Å². The van der Waals surface area contributed by atoms with Crippen LogP contribution in [-0.2, 0) is 13.1 Å². The summed E-state index contributed by atoms with van der Waals surface area (Å²) in [5.74, 6) is 0.805. The normalized spacial score (nSPS) is 18.7. The van der Waals surface area contributed by atoms with Crippen molar-refractivity contribution in [3.05, 3.63) is 35.1 Å². The highest BCUT2D eigenvalue weighted by Gasteiger charge is 2.25. The van der Waals surface area contributed by atoms with Gasteiger partial charge in [0.15, 0.2) is 5.96 Å². The Morgan fingerprint density at radius 3 is 3.00 bits per heavy atom. The molecule has 1 N–H and O–H groups in total. The lowest BCUT2D eigenvalue weighted by Gasteiger charge is -2.16. The van der Waals surface area contributed by atoms with E-state index in [2.05, 4.69) is 15.2 Å². The molecule has 2 aliphatic heterocycles. The lowest BCUT2D eigenvalue weighted by Crippen LogP contribution is -2.34. The molecule has 0 fully saturated rings. The van der Waals surface area contributed by atoms with E-state index in [1.165, 1.54) is 6.07 Å². The molecule has 0 aliphatic carbocycles. The summed E-state index contributed by atoms with van der Waals surface area (Å²) in [4.78, 5) is 6.42.